The standard InChI is InChI=1S/C15H12BrF2NO2/c1-9-2-7-12(16)13(8-9)19-14(20)10-3-5-11(6-4-10)21-15(17)18/h2-8,15H,1H3,(H,19,20). The predicted molar refractivity (Wildman–Crippen MR) is 79.9 cm³/mol. The zero-order valence-corrected chi connectivity index (χ0v) is 12.7. The van der Waals surface area contributed by atoms with Crippen molar-refractivity contribution in [3.63, 3.8) is 0 Å². The SMILES string of the molecule is Cc1ccc(Br)c(NC(=O)c2ccc(OC(F)F)cc2)c1. The number of ether oxygens (including phenoxy) is 1. The predicted octanol–water partition coefficient (Wildman–Crippen LogP) is 4.61. The topological polar surface area (TPSA) is 38.3 Å². The van der Waals surface area contributed by atoms with Crippen LogP contribution in [0.1, 0.15) is 15.9 Å². The molecule has 0 atom stereocenters. The van der Waals surface area contributed by atoms with Crippen LogP contribution in [0.25, 0.3) is 0 Å². The summed E-state index contributed by atoms with van der Waals surface area (Å²) >= 11 is 3.35. The van der Waals surface area contributed by atoms with Crippen LogP contribution in [0.3, 0.4) is 0 Å². The number of hydrogen-bond acceptors (Lipinski definition) is 2. The van der Waals surface area contributed by atoms with Gasteiger partial charge in [-0.2, -0.15) is 8.78 Å². The van der Waals surface area contributed by atoms with Crippen LogP contribution in [0.5, 0.6) is 5.75 Å². The van der Waals surface area contributed by atoms with Gasteiger partial charge in [0.1, 0.15) is 5.75 Å². The molecule has 21 heavy (non-hydrogen) atoms. The highest BCUT2D eigenvalue weighted by Gasteiger charge is 2.10. The largest absolute Gasteiger partial charge is 0.435 e. The normalized spacial score (nSPS) is 10.5. The molecule has 0 aliphatic heterocycles. The lowest BCUT2D eigenvalue weighted by Crippen LogP contribution is -2.12. The maximum atomic E-state index is 12.1. The van der Waals surface area contributed by atoms with Crippen molar-refractivity contribution in [2.45, 2.75) is 13.5 Å². The Bertz CT molecular complexity index is 645. The molecule has 0 aromatic heterocycles. The molecule has 0 heterocycles. The Kier molecular flexibility index (Phi) is 4.90. The average molecular weight is 356 g/mol. The molecule has 0 fully saturated rings. The lowest BCUT2D eigenvalue weighted by atomic mass is 10.2. The first-order chi connectivity index (χ1) is 9.95. The van der Waals surface area contributed by atoms with Gasteiger partial charge in [0, 0.05) is 10.0 Å². The molecule has 0 saturated heterocycles. The van der Waals surface area contributed by atoms with E-state index in [1.54, 1.807) is 0 Å². The van der Waals surface area contributed by atoms with Crippen molar-refractivity contribution in [2.75, 3.05) is 5.32 Å². The fourth-order valence-corrected chi connectivity index (χ4v) is 2.06. The maximum absolute atomic E-state index is 12.1. The minimum absolute atomic E-state index is 0.0123. The Labute approximate surface area is 129 Å². The number of hydrogen-bond donors (Lipinski definition) is 1. The third kappa shape index (κ3) is 4.26. The van der Waals surface area contributed by atoms with Gasteiger partial charge in [0.2, 0.25) is 0 Å². The van der Waals surface area contributed by atoms with Crippen molar-refractivity contribution in [3.8, 4) is 5.75 Å². The Hall–Kier alpha value is -1.95. The molecule has 2 rings (SSSR count). The van der Waals surface area contributed by atoms with Crippen molar-refractivity contribution >= 4 is 27.5 Å². The molecule has 1 amide bonds. The van der Waals surface area contributed by atoms with Gasteiger partial charge in [-0.1, -0.05) is 6.07 Å². The molecule has 0 aliphatic carbocycles. The Morgan fingerprint density at radius 3 is 2.48 bits per heavy atom. The molecule has 6 heteroatoms. The van der Waals surface area contributed by atoms with Crippen LogP contribution in [-0.4, -0.2) is 12.5 Å². The molecule has 0 unspecified atom stereocenters. The van der Waals surface area contributed by atoms with Crippen molar-refractivity contribution in [1.82, 2.24) is 0 Å². The number of alkyl halides is 2. The van der Waals surface area contributed by atoms with Crippen LogP contribution in [-0.2, 0) is 0 Å². The smallest absolute Gasteiger partial charge is 0.387 e. The number of carbonyl (C=O) groups excluding carboxylic acids is 1. The summed E-state index contributed by atoms with van der Waals surface area (Å²) in [5.41, 5.74) is 2.01. The highest BCUT2D eigenvalue weighted by Crippen LogP contribution is 2.24. The summed E-state index contributed by atoms with van der Waals surface area (Å²) in [5.74, 6) is -0.316. The van der Waals surface area contributed by atoms with E-state index in [2.05, 4.69) is 26.0 Å². The van der Waals surface area contributed by atoms with Crippen LogP contribution in [0.2, 0.25) is 0 Å². The minimum Gasteiger partial charge on any atom is -0.435 e. The van der Waals surface area contributed by atoms with Gasteiger partial charge < -0.3 is 10.1 Å². The van der Waals surface area contributed by atoms with Gasteiger partial charge >= 0.3 is 6.61 Å². The monoisotopic (exact) mass is 355 g/mol. The van der Waals surface area contributed by atoms with Gasteiger partial charge in [-0.15, -0.1) is 0 Å². The van der Waals surface area contributed by atoms with Crippen LogP contribution in [0.4, 0.5) is 14.5 Å². The molecule has 3 nitrogen and oxygen atoms in total. The van der Waals surface area contributed by atoms with Gasteiger partial charge in [-0.05, 0) is 64.8 Å². The van der Waals surface area contributed by atoms with Crippen LogP contribution in [0.15, 0.2) is 46.9 Å². The van der Waals surface area contributed by atoms with E-state index in [9.17, 15) is 13.6 Å². The highest BCUT2D eigenvalue weighted by atomic mass is 79.9. The molecule has 0 bridgehead atoms. The third-order valence-electron chi connectivity index (χ3n) is 2.71. The lowest BCUT2D eigenvalue weighted by molar-refractivity contribution is -0.0498. The fraction of sp³-hybridized carbons (Fsp3) is 0.133. The summed E-state index contributed by atoms with van der Waals surface area (Å²) < 4.78 is 29.1. The lowest BCUT2D eigenvalue weighted by Gasteiger charge is -2.09. The third-order valence-corrected chi connectivity index (χ3v) is 3.40. The quantitative estimate of drug-likeness (QED) is 0.869. The van der Waals surface area contributed by atoms with E-state index < -0.39 is 6.61 Å². The van der Waals surface area contributed by atoms with Crippen LogP contribution >= 0.6 is 15.9 Å². The number of amides is 1. The summed E-state index contributed by atoms with van der Waals surface area (Å²) in [5, 5.41) is 2.75. The molecule has 0 saturated carbocycles. The summed E-state index contributed by atoms with van der Waals surface area (Å²) in [6.07, 6.45) is 0. The van der Waals surface area contributed by atoms with Crippen molar-refractivity contribution in [3.05, 3.63) is 58.1 Å². The molecule has 0 radical (unpaired) electrons. The summed E-state index contributed by atoms with van der Waals surface area (Å²) in [4.78, 5) is 12.1. The van der Waals surface area contributed by atoms with E-state index in [4.69, 9.17) is 0 Å². The number of benzene rings is 2. The van der Waals surface area contributed by atoms with Crippen LogP contribution < -0.4 is 10.1 Å². The molecular formula is C15H12BrF2NO2. The van der Waals surface area contributed by atoms with Gasteiger partial charge in [-0.25, -0.2) is 0 Å². The van der Waals surface area contributed by atoms with E-state index in [0.717, 1.165) is 10.0 Å². The number of halogens is 3. The van der Waals surface area contributed by atoms with Gasteiger partial charge in [-0.3, -0.25) is 4.79 Å². The fourth-order valence-electron chi connectivity index (χ4n) is 1.72. The molecule has 0 spiro atoms. The molecule has 1 N–H and O–H groups in total. The average Bonchev–Trinajstić information content (AvgIpc) is 2.43. The Morgan fingerprint density at radius 1 is 1.19 bits per heavy atom. The zero-order chi connectivity index (χ0) is 15.4. The van der Waals surface area contributed by atoms with Crippen LogP contribution in [0, 0.1) is 6.92 Å². The van der Waals surface area contributed by atoms with Crippen molar-refractivity contribution < 1.29 is 18.3 Å². The molecule has 110 valence electrons. The van der Waals surface area contributed by atoms with E-state index in [-0.39, 0.29) is 11.7 Å². The summed E-state index contributed by atoms with van der Waals surface area (Å²) in [6.45, 7) is -0.966. The maximum Gasteiger partial charge on any atom is 0.387 e. The summed E-state index contributed by atoms with van der Waals surface area (Å²) in [6, 6.07) is 11.1. The second kappa shape index (κ2) is 6.67. The van der Waals surface area contributed by atoms with E-state index in [1.807, 2.05) is 25.1 Å². The molecular weight excluding hydrogens is 344 g/mol. The van der Waals surface area contributed by atoms with Crippen molar-refractivity contribution in [1.29, 1.82) is 0 Å². The zero-order valence-electron chi connectivity index (χ0n) is 11.1. The van der Waals surface area contributed by atoms with Gasteiger partial charge in [0.15, 0.2) is 0 Å². The number of carbonyl (C=O) groups is 1. The molecule has 2 aromatic rings. The number of nitrogens with one attached hydrogen (secondary N) is 1. The minimum atomic E-state index is -2.88. The second-order valence-corrected chi connectivity index (χ2v) is 5.19. The number of rotatable bonds is 4. The first kappa shape index (κ1) is 15.4. The van der Waals surface area contributed by atoms with E-state index in [0.29, 0.717) is 11.3 Å². The first-order valence-electron chi connectivity index (χ1n) is 6.08. The highest BCUT2D eigenvalue weighted by molar-refractivity contribution is 9.10. The van der Waals surface area contributed by atoms with Gasteiger partial charge in [0.05, 0.1) is 5.69 Å². The Balaban J connectivity index is 2.11. The first-order valence-corrected chi connectivity index (χ1v) is 6.87. The molecule has 0 aliphatic rings. The number of aryl methyl sites for hydroxylation is 1. The van der Waals surface area contributed by atoms with E-state index in [1.165, 1.54) is 24.3 Å². The van der Waals surface area contributed by atoms with Gasteiger partial charge in [0.25, 0.3) is 5.91 Å². The number of anilines is 1. The van der Waals surface area contributed by atoms with E-state index >= 15 is 0 Å². The Morgan fingerprint density at radius 2 is 1.86 bits per heavy atom. The summed E-state index contributed by atoms with van der Waals surface area (Å²) in [7, 11) is 0. The second-order valence-electron chi connectivity index (χ2n) is 4.34. The molecule has 2 aromatic carbocycles. The van der Waals surface area contributed by atoms with Crippen molar-refractivity contribution in [2.24, 2.45) is 0 Å².